The number of esters is 2. The molecule has 0 aliphatic heterocycles. The zero-order valence-corrected chi connectivity index (χ0v) is 25.1. The second kappa shape index (κ2) is 12.7. The fourth-order valence-electron chi connectivity index (χ4n) is 5.58. The molecule has 0 spiro atoms. The highest BCUT2D eigenvalue weighted by Crippen LogP contribution is 2.46. The van der Waals surface area contributed by atoms with Gasteiger partial charge >= 0.3 is 11.9 Å². The first kappa shape index (κ1) is 29.3. The number of hydrogen-bond acceptors (Lipinski definition) is 7. The Labute approximate surface area is 236 Å². The number of nitrogens with zero attached hydrogens (tertiary/aromatic N) is 2. The van der Waals surface area contributed by atoms with Crippen LogP contribution in [0.5, 0.6) is 0 Å². The van der Waals surface area contributed by atoms with E-state index in [0.717, 1.165) is 54.6 Å². The van der Waals surface area contributed by atoms with Crippen molar-refractivity contribution < 1.29 is 19.1 Å². The summed E-state index contributed by atoms with van der Waals surface area (Å²) < 4.78 is 12.9. The molecule has 1 aliphatic carbocycles. The quantitative estimate of drug-likeness (QED) is 0.238. The van der Waals surface area contributed by atoms with Crippen molar-refractivity contribution in [3.05, 3.63) is 45.6 Å². The number of carbonyl (C=O) groups excluding carboxylic acids is 2. The number of methoxy groups -OCH3 is 1. The Morgan fingerprint density at radius 2 is 1.87 bits per heavy atom. The average molecular weight is 554 g/mol. The molecule has 1 aromatic carbocycles. The van der Waals surface area contributed by atoms with Gasteiger partial charge in [0, 0.05) is 35.5 Å². The number of likely N-dealkylation sites (N-methyl/N-ethyl adjacent to an activating group) is 1. The van der Waals surface area contributed by atoms with Gasteiger partial charge in [0.05, 0.1) is 23.9 Å². The van der Waals surface area contributed by atoms with Gasteiger partial charge in [-0.05, 0) is 82.8 Å². The third-order valence-electron chi connectivity index (χ3n) is 7.27. The predicted octanol–water partition coefficient (Wildman–Crippen LogP) is 6.20. The van der Waals surface area contributed by atoms with Gasteiger partial charge in [-0.1, -0.05) is 25.3 Å². The van der Waals surface area contributed by atoms with Crippen LogP contribution in [0.2, 0.25) is 0 Å². The fourth-order valence-corrected chi connectivity index (χ4v) is 6.42. The van der Waals surface area contributed by atoms with Crippen molar-refractivity contribution in [2.45, 2.75) is 77.5 Å². The minimum absolute atomic E-state index is 0.0732. The molecule has 3 aromatic rings. The number of thiophene rings is 1. The SMILES string of the molecule is COC(=O)c1ccc2c(C3CCCCC3)c(-c3ccsc3CNCCN(C)C)n(CC(=O)OC(C)(C)C)c2c1. The molecule has 0 atom stereocenters. The zero-order chi connectivity index (χ0) is 28.2. The maximum atomic E-state index is 13.3. The van der Waals surface area contributed by atoms with E-state index in [2.05, 4.69) is 40.3 Å². The monoisotopic (exact) mass is 553 g/mol. The van der Waals surface area contributed by atoms with Crippen molar-refractivity contribution in [2.75, 3.05) is 34.3 Å². The zero-order valence-electron chi connectivity index (χ0n) is 24.3. The van der Waals surface area contributed by atoms with Gasteiger partial charge in [0.2, 0.25) is 0 Å². The third-order valence-corrected chi connectivity index (χ3v) is 8.19. The maximum absolute atomic E-state index is 13.3. The van der Waals surface area contributed by atoms with E-state index in [0.29, 0.717) is 11.5 Å². The van der Waals surface area contributed by atoms with E-state index in [-0.39, 0.29) is 18.5 Å². The van der Waals surface area contributed by atoms with Crippen LogP contribution in [-0.2, 0) is 27.4 Å². The molecular weight excluding hydrogens is 510 g/mol. The topological polar surface area (TPSA) is 72.8 Å². The van der Waals surface area contributed by atoms with Crippen molar-refractivity contribution in [3.8, 4) is 11.3 Å². The van der Waals surface area contributed by atoms with E-state index in [1.807, 2.05) is 39.0 Å². The van der Waals surface area contributed by atoms with Gasteiger partial charge in [-0.15, -0.1) is 11.3 Å². The Hall–Kier alpha value is -2.68. The number of nitrogens with one attached hydrogen (secondary N) is 1. The van der Waals surface area contributed by atoms with E-state index in [1.165, 1.54) is 36.8 Å². The van der Waals surface area contributed by atoms with Crippen molar-refractivity contribution >= 4 is 34.2 Å². The fraction of sp³-hybridized carbons (Fsp3) is 0.548. The molecule has 2 aromatic heterocycles. The second-order valence-corrected chi connectivity index (χ2v) is 12.7. The van der Waals surface area contributed by atoms with Crippen molar-refractivity contribution in [3.63, 3.8) is 0 Å². The normalized spacial score (nSPS) is 14.7. The molecule has 1 fully saturated rings. The summed E-state index contributed by atoms with van der Waals surface area (Å²) in [6.45, 7) is 8.35. The van der Waals surface area contributed by atoms with E-state index < -0.39 is 5.60 Å². The Balaban J connectivity index is 1.89. The van der Waals surface area contributed by atoms with E-state index in [9.17, 15) is 9.59 Å². The lowest BCUT2D eigenvalue weighted by molar-refractivity contribution is -0.155. The van der Waals surface area contributed by atoms with Gasteiger partial charge < -0.3 is 24.3 Å². The molecule has 0 saturated heterocycles. The van der Waals surface area contributed by atoms with Crippen LogP contribution in [0.3, 0.4) is 0 Å². The maximum Gasteiger partial charge on any atom is 0.337 e. The highest BCUT2D eigenvalue weighted by Gasteiger charge is 2.30. The van der Waals surface area contributed by atoms with Crippen molar-refractivity contribution in [1.82, 2.24) is 14.8 Å². The molecule has 0 unspecified atom stereocenters. The number of fused-ring (bicyclic) bond motifs is 1. The Bertz CT molecular complexity index is 1300. The van der Waals surface area contributed by atoms with Crippen LogP contribution in [-0.4, -0.2) is 61.3 Å². The molecule has 1 N–H and O–H groups in total. The van der Waals surface area contributed by atoms with Gasteiger partial charge in [0.1, 0.15) is 12.1 Å². The molecule has 4 rings (SSSR count). The van der Waals surface area contributed by atoms with Crippen LogP contribution in [0.1, 0.15) is 79.6 Å². The van der Waals surface area contributed by atoms with E-state index in [1.54, 1.807) is 11.3 Å². The lowest BCUT2D eigenvalue weighted by Crippen LogP contribution is -2.27. The molecule has 7 nitrogen and oxygen atoms in total. The molecule has 0 amide bonds. The first-order valence-corrected chi connectivity index (χ1v) is 14.9. The summed E-state index contributed by atoms with van der Waals surface area (Å²) >= 11 is 1.74. The highest BCUT2D eigenvalue weighted by atomic mass is 32.1. The first-order chi connectivity index (χ1) is 18.6. The van der Waals surface area contributed by atoms with E-state index in [4.69, 9.17) is 9.47 Å². The molecule has 0 bridgehead atoms. The molecular formula is C31H43N3O4S. The standard InChI is InChI=1S/C31H43N3O4S/c1-31(2,3)38-27(35)20-34-25-18-22(30(36)37-6)12-13-23(25)28(21-10-8-7-9-11-21)29(34)24-14-17-39-26(24)19-32-15-16-33(4)5/h12-14,17-18,21,32H,7-11,15-16,19-20H2,1-6H3. The van der Waals surface area contributed by atoms with Crippen molar-refractivity contribution in [2.24, 2.45) is 0 Å². The van der Waals surface area contributed by atoms with E-state index >= 15 is 0 Å². The second-order valence-electron chi connectivity index (χ2n) is 11.7. The van der Waals surface area contributed by atoms with Crippen LogP contribution >= 0.6 is 11.3 Å². The van der Waals surface area contributed by atoms with Crippen LogP contribution < -0.4 is 5.32 Å². The largest absolute Gasteiger partial charge is 0.465 e. The summed E-state index contributed by atoms with van der Waals surface area (Å²) in [4.78, 5) is 29.2. The molecule has 212 valence electrons. The summed E-state index contributed by atoms with van der Waals surface area (Å²) in [6.07, 6.45) is 5.90. The molecule has 39 heavy (non-hydrogen) atoms. The summed E-state index contributed by atoms with van der Waals surface area (Å²) in [5.74, 6) is -0.279. The minimum Gasteiger partial charge on any atom is -0.465 e. The molecule has 8 heteroatoms. The summed E-state index contributed by atoms with van der Waals surface area (Å²) in [6, 6.07) is 7.95. The summed E-state index contributed by atoms with van der Waals surface area (Å²) in [5, 5.41) is 6.83. The molecule has 0 radical (unpaired) electrons. The number of ether oxygens (including phenoxy) is 2. The summed E-state index contributed by atoms with van der Waals surface area (Å²) in [5.41, 5.74) is 4.28. The molecule has 2 heterocycles. The lowest BCUT2D eigenvalue weighted by Gasteiger charge is -2.24. The predicted molar refractivity (Wildman–Crippen MR) is 159 cm³/mol. The Kier molecular flexibility index (Phi) is 9.51. The van der Waals surface area contributed by atoms with Gasteiger partial charge in [-0.3, -0.25) is 4.79 Å². The molecule has 1 aliphatic rings. The van der Waals surface area contributed by atoms with Crippen molar-refractivity contribution in [1.29, 1.82) is 0 Å². The van der Waals surface area contributed by atoms with Crippen LogP contribution in [0, 0.1) is 0 Å². The third kappa shape index (κ3) is 7.10. The van der Waals surface area contributed by atoms with Gasteiger partial charge in [-0.2, -0.15) is 0 Å². The summed E-state index contributed by atoms with van der Waals surface area (Å²) in [7, 11) is 5.55. The Morgan fingerprint density at radius 1 is 1.13 bits per heavy atom. The Morgan fingerprint density at radius 3 is 2.54 bits per heavy atom. The number of rotatable bonds is 10. The van der Waals surface area contributed by atoms with Crippen LogP contribution in [0.25, 0.3) is 22.2 Å². The molecule has 1 saturated carbocycles. The lowest BCUT2D eigenvalue weighted by atomic mass is 9.82. The van der Waals surface area contributed by atoms with Crippen LogP contribution in [0.15, 0.2) is 29.6 Å². The highest BCUT2D eigenvalue weighted by molar-refractivity contribution is 7.10. The van der Waals surface area contributed by atoms with Gasteiger partial charge in [-0.25, -0.2) is 4.79 Å². The number of benzene rings is 1. The number of carbonyl (C=O) groups is 2. The number of aromatic nitrogens is 1. The van der Waals surface area contributed by atoms with Crippen LogP contribution in [0.4, 0.5) is 0 Å². The van der Waals surface area contributed by atoms with Gasteiger partial charge in [0.15, 0.2) is 0 Å². The number of hydrogen-bond donors (Lipinski definition) is 1. The smallest absolute Gasteiger partial charge is 0.337 e. The van der Waals surface area contributed by atoms with Gasteiger partial charge in [0.25, 0.3) is 0 Å². The average Bonchev–Trinajstić information content (AvgIpc) is 3.47. The first-order valence-electron chi connectivity index (χ1n) is 14.0. The minimum atomic E-state index is -0.590.